The maximum Gasteiger partial charge on any atom is 1.00 e. The van der Waals surface area contributed by atoms with Crippen LogP contribution < -0.4 is 56.7 Å². The van der Waals surface area contributed by atoms with E-state index in [9.17, 15) is 12.9 Å². The summed E-state index contributed by atoms with van der Waals surface area (Å²) in [6, 6.07) is 8.32. The van der Waals surface area contributed by atoms with Gasteiger partial charge < -0.3 is 18.3 Å². The van der Waals surface area contributed by atoms with Gasteiger partial charge in [0.15, 0.2) is 0 Å². The molecule has 0 unspecified atom stereocenters. The number of benzene rings is 1. The monoisotopic (exact) mass is 213 g/mol. The third-order valence-electron chi connectivity index (χ3n) is 1.31. The predicted octanol–water partition coefficient (Wildman–Crippen LogP) is -0.511. The van der Waals surface area contributed by atoms with Crippen molar-refractivity contribution in [2.24, 2.45) is 0 Å². The van der Waals surface area contributed by atoms with Crippen molar-refractivity contribution in [3.8, 4) is 0 Å². The van der Waals surface area contributed by atoms with Crippen LogP contribution in [0.1, 0.15) is 0 Å². The van der Waals surface area contributed by atoms with Crippen molar-refractivity contribution in [2.45, 2.75) is 0 Å². The zero-order valence-corrected chi connectivity index (χ0v) is 10.4. The molecule has 0 atom stereocenters. The molecule has 0 spiro atoms. The van der Waals surface area contributed by atoms with Gasteiger partial charge in [0, 0.05) is 5.69 Å². The van der Waals surface area contributed by atoms with Crippen molar-refractivity contribution >= 4 is 12.7 Å². The Hall–Kier alpha value is 0.511. The number of hydrogen-bond acceptors (Lipinski definition) is 1. The van der Waals surface area contributed by atoms with Crippen molar-refractivity contribution in [3.63, 3.8) is 0 Å². The van der Waals surface area contributed by atoms with Gasteiger partial charge in [0.2, 0.25) is 0 Å². The average Bonchev–Trinajstić information content (AvgIpc) is 2.02. The van der Waals surface area contributed by atoms with Crippen LogP contribution in [0.15, 0.2) is 30.3 Å². The van der Waals surface area contributed by atoms with E-state index in [1.807, 2.05) is 0 Å². The Morgan fingerprint density at radius 2 is 1.62 bits per heavy atom. The van der Waals surface area contributed by atoms with Crippen molar-refractivity contribution in [1.29, 1.82) is 0 Å². The summed E-state index contributed by atoms with van der Waals surface area (Å²) >= 11 is 0. The van der Waals surface area contributed by atoms with E-state index in [0.717, 1.165) is 0 Å². The normalized spacial score (nSPS) is 10.4. The molecule has 0 saturated carbocycles. The molecule has 0 amide bonds. The van der Waals surface area contributed by atoms with E-state index in [1.54, 1.807) is 30.3 Å². The van der Waals surface area contributed by atoms with Crippen LogP contribution in [0.2, 0.25) is 0 Å². The molecule has 1 nitrogen and oxygen atoms in total. The number of nitrogens with one attached hydrogen (secondary N) is 1. The third kappa shape index (κ3) is 6.56. The molecule has 1 aromatic carbocycles. The molecule has 1 rings (SSSR count). The number of hydrogen-bond donors (Lipinski definition) is 1. The van der Waals surface area contributed by atoms with Crippen LogP contribution in [0.3, 0.4) is 0 Å². The molecule has 0 aliphatic rings. The molecule has 0 aromatic heterocycles. The van der Waals surface area contributed by atoms with Crippen LogP contribution in [0.4, 0.5) is 18.6 Å². The molecular weight excluding hydrogens is 205 g/mol. The minimum atomic E-state index is -4.74. The summed E-state index contributed by atoms with van der Waals surface area (Å²) in [5.41, 5.74) is 0.497. The molecule has 0 heterocycles. The Morgan fingerprint density at radius 3 is 2.08 bits per heavy atom. The van der Waals surface area contributed by atoms with E-state index < -0.39 is 13.4 Å². The molecule has 0 aliphatic heterocycles. The first-order valence-corrected chi connectivity index (χ1v) is 3.58. The standard InChI is InChI=1S/C7H8BF3N.K/c9-8(10,11)6-12-7-4-2-1-3-5-7;/h1-5,12H,6H2;/q-1;+1. The molecule has 0 bridgehead atoms. The first kappa shape index (κ1) is 13.5. The van der Waals surface area contributed by atoms with Gasteiger partial charge in [0.05, 0.1) is 0 Å². The Balaban J connectivity index is 0.00000144. The van der Waals surface area contributed by atoms with E-state index in [1.165, 1.54) is 0 Å². The maximum atomic E-state index is 11.7. The smallest absolute Gasteiger partial charge is 0.448 e. The van der Waals surface area contributed by atoms with Crippen molar-refractivity contribution in [1.82, 2.24) is 0 Å². The summed E-state index contributed by atoms with van der Waals surface area (Å²) in [6.07, 6.45) is -0.927. The Kier molecular flexibility index (Phi) is 6.32. The van der Waals surface area contributed by atoms with Crippen LogP contribution >= 0.6 is 0 Å². The summed E-state index contributed by atoms with van der Waals surface area (Å²) in [5.74, 6) is 0. The second-order valence-electron chi connectivity index (χ2n) is 2.46. The van der Waals surface area contributed by atoms with Crippen LogP contribution in [-0.4, -0.2) is 13.4 Å². The van der Waals surface area contributed by atoms with Gasteiger partial charge in [-0.25, -0.2) is 0 Å². The summed E-state index contributed by atoms with van der Waals surface area (Å²) < 4.78 is 35.2. The number of para-hydroxylation sites is 1. The van der Waals surface area contributed by atoms with E-state index in [0.29, 0.717) is 5.69 Å². The molecular formula is C7H8BF3KN. The van der Waals surface area contributed by atoms with E-state index in [2.05, 4.69) is 5.32 Å². The number of rotatable bonds is 3. The summed E-state index contributed by atoms with van der Waals surface area (Å²) in [5, 5.41) is 2.29. The zero-order chi connectivity index (χ0) is 9.03. The Morgan fingerprint density at radius 1 is 1.08 bits per heavy atom. The van der Waals surface area contributed by atoms with Crippen LogP contribution in [0, 0.1) is 0 Å². The fraction of sp³-hybridized carbons (Fsp3) is 0.143. The van der Waals surface area contributed by atoms with Crippen LogP contribution in [0.5, 0.6) is 0 Å². The predicted molar refractivity (Wildman–Crippen MR) is 44.0 cm³/mol. The van der Waals surface area contributed by atoms with Gasteiger partial charge in [-0.1, -0.05) is 18.2 Å². The molecule has 0 fully saturated rings. The Bertz CT molecular complexity index is 239. The molecule has 6 heteroatoms. The number of halogens is 3. The summed E-state index contributed by atoms with van der Waals surface area (Å²) in [6.45, 7) is -4.74. The average molecular weight is 213 g/mol. The van der Waals surface area contributed by atoms with Gasteiger partial charge in [0.1, 0.15) is 0 Å². The molecule has 66 valence electrons. The van der Waals surface area contributed by atoms with Gasteiger partial charge in [-0.05, 0) is 18.6 Å². The largest absolute Gasteiger partial charge is 1.00 e. The molecule has 0 radical (unpaired) electrons. The summed E-state index contributed by atoms with van der Waals surface area (Å²) in [7, 11) is 0. The van der Waals surface area contributed by atoms with Gasteiger partial charge in [-0.15, -0.1) is 0 Å². The molecule has 13 heavy (non-hydrogen) atoms. The molecule has 1 aromatic rings. The van der Waals surface area contributed by atoms with Crippen LogP contribution in [-0.2, 0) is 0 Å². The van der Waals surface area contributed by atoms with Gasteiger partial charge in [0.25, 0.3) is 0 Å². The van der Waals surface area contributed by atoms with Crippen molar-refractivity contribution in [2.75, 3.05) is 11.8 Å². The second-order valence-corrected chi connectivity index (χ2v) is 2.46. The number of anilines is 1. The van der Waals surface area contributed by atoms with Crippen molar-refractivity contribution in [3.05, 3.63) is 30.3 Å². The van der Waals surface area contributed by atoms with Crippen LogP contribution in [0.25, 0.3) is 0 Å². The maximum absolute atomic E-state index is 11.7. The second kappa shape index (κ2) is 6.08. The van der Waals surface area contributed by atoms with Crippen molar-refractivity contribution < 1.29 is 64.3 Å². The SMILES string of the molecule is F[B-](F)(F)CNc1ccccc1.[K+]. The fourth-order valence-corrected chi connectivity index (χ4v) is 0.790. The summed E-state index contributed by atoms with van der Waals surface area (Å²) in [4.78, 5) is 0. The van der Waals surface area contributed by atoms with E-state index in [4.69, 9.17) is 0 Å². The first-order valence-electron chi connectivity index (χ1n) is 3.58. The molecule has 1 N–H and O–H groups in total. The van der Waals surface area contributed by atoms with E-state index >= 15 is 0 Å². The first-order chi connectivity index (χ1) is 5.58. The molecule has 0 saturated heterocycles. The minimum Gasteiger partial charge on any atom is -0.448 e. The van der Waals surface area contributed by atoms with Gasteiger partial charge in [-0.3, -0.25) is 0 Å². The quantitative estimate of drug-likeness (QED) is 0.667. The van der Waals surface area contributed by atoms with E-state index in [-0.39, 0.29) is 51.4 Å². The van der Waals surface area contributed by atoms with Gasteiger partial charge in [-0.2, -0.15) is 0 Å². The van der Waals surface area contributed by atoms with Gasteiger partial charge >= 0.3 is 58.4 Å². The molecule has 0 aliphatic carbocycles. The zero-order valence-electron chi connectivity index (χ0n) is 7.31. The third-order valence-corrected chi connectivity index (χ3v) is 1.31. The Labute approximate surface area is 118 Å². The minimum absolute atomic E-state index is 0. The fourth-order valence-electron chi connectivity index (χ4n) is 0.790. The topological polar surface area (TPSA) is 12.0 Å².